The Kier molecular flexibility index (Phi) is 2.67. The van der Waals surface area contributed by atoms with Crippen LogP contribution in [0.25, 0.3) is 0 Å². The molecule has 1 heterocycles. The van der Waals surface area contributed by atoms with E-state index in [1.165, 1.54) is 0 Å². The van der Waals surface area contributed by atoms with E-state index < -0.39 is 12.0 Å². The van der Waals surface area contributed by atoms with Gasteiger partial charge in [-0.15, -0.1) is 0 Å². The third kappa shape index (κ3) is 1.85. The van der Waals surface area contributed by atoms with E-state index in [-0.39, 0.29) is 0 Å². The summed E-state index contributed by atoms with van der Waals surface area (Å²) in [5.74, 6) is -0.529. The molecule has 1 aromatic carbocycles. The van der Waals surface area contributed by atoms with Crippen molar-refractivity contribution < 1.29 is 9.90 Å². The maximum atomic E-state index is 11.0. The van der Waals surface area contributed by atoms with Crippen LogP contribution >= 0.6 is 11.6 Å². The second-order valence-corrected chi connectivity index (χ2v) is 4.29. The van der Waals surface area contributed by atoms with Crippen LogP contribution in [-0.4, -0.2) is 17.6 Å². The number of fused-ring (bicyclic) bond motifs is 1. The molecule has 0 radical (unpaired) electrons. The van der Waals surface area contributed by atoms with Crippen LogP contribution in [0.4, 0.5) is 0 Å². The molecule has 15 heavy (non-hydrogen) atoms. The minimum atomic E-state index is -0.856. The highest BCUT2D eigenvalue weighted by atomic mass is 35.5. The Morgan fingerprint density at radius 3 is 2.93 bits per heavy atom. The summed E-state index contributed by atoms with van der Waals surface area (Å²) in [5.41, 5.74) is 1.86. The van der Waals surface area contributed by atoms with Crippen LogP contribution in [0.1, 0.15) is 30.0 Å². The highest BCUT2D eigenvalue weighted by Gasteiger charge is 2.29. The van der Waals surface area contributed by atoms with Gasteiger partial charge in [0.15, 0.2) is 0 Å². The fourth-order valence-electron chi connectivity index (χ4n) is 1.98. The number of carboxylic acids is 1. The lowest BCUT2D eigenvalue weighted by atomic mass is 9.88. The minimum absolute atomic E-state index is 0.327. The van der Waals surface area contributed by atoms with Crippen LogP contribution in [0.5, 0.6) is 0 Å². The summed E-state index contributed by atoms with van der Waals surface area (Å²) in [6, 6.07) is 4.83. The maximum Gasteiger partial charge on any atom is 0.325 e. The molecule has 1 aliphatic rings. The lowest BCUT2D eigenvalue weighted by Gasteiger charge is -2.28. The van der Waals surface area contributed by atoms with Gasteiger partial charge in [0.2, 0.25) is 0 Å². The largest absolute Gasteiger partial charge is 0.480 e. The van der Waals surface area contributed by atoms with Crippen molar-refractivity contribution in [1.29, 1.82) is 0 Å². The number of halogens is 1. The molecule has 1 aliphatic heterocycles. The maximum absolute atomic E-state index is 11.0. The van der Waals surface area contributed by atoms with E-state index in [4.69, 9.17) is 16.7 Å². The first-order valence-corrected chi connectivity index (χ1v) is 5.23. The van der Waals surface area contributed by atoms with Gasteiger partial charge in [-0.05, 0) is 29.2 Å². The monoisotopic (exact) mass is 225 g/mol. The van der Waals surface area contributed by atoms with Crippen LogP contribution in [0.2, 0.25) is 5.02 Å². The first-order valence-electron chi connectivity index (χ1n) is 4.85. The summed E-state index contributed by atoms with van der Waals surface area (Å²) < 4.78 is 0. The van der Waals surface area contributed by atoms with Crippen LogP contribution in [0, 0.1) is 0 Å². The van der Waals surface area contributed by atoms with Crippen molar-refractivity contribution in [3.8, 4) is 0 Å². The second-order valence-electron chi connectivity index (χ2n) is 3.85. The molecule has 2 unspecified atom stereocenters. The molecule has 80 valence electrons. The van der Waals surface area contributed by atoms with Crippen LogP contribution in [0.3, 0.4) is 0 Å². The average molecular weight is 226 g/mol. The van der Waals surface area contributed by atoms with E-state index in [9.17, 15) is 4.79 Å². The first kappa shape index (κ1) is 10.5. The number of hydrogen-bond donors (Lipinski definition) is 2. The molecule has 0 saturated carbocycles. The van der Waals surface area contributed by atoms with Crippen molar-refractivity contribution >= 4 is 17.6 Å². The smallest absolute Gasteiger partial charge is 0.325 e. The van der Waals surface area contributed by atoms with Gasteiger partial charge in [0.1, 0.15) is 6.04 Å². The normalized spacial score (nSPS) is 24.7. The Bertz CT molecular complexity index is 406. The standard InChI is InChI=1S/C11H12ClNO2/c1-6-5-13-10(11(14)15)9-4-7(12)2-3-8(6)9/h2-4,6,10,13H,5H2,1H3,(H,14,15). The van der Waals surface area contributed by atoms with Crippen molar-refractivity contribution in [3.05, 3.63) is 34.3 Å². The van der Waals surface area contributed by atoms with Crippen LogP contribution in [0.15, 0.2) is 18.2 Å². The number of carboxylic acid groups (broad SMARTS) is 1. The lowest BCUT2D eigenvalue weighted by Crippen LogP contribution is -2.36. The summed E-state index contributed by atoms with van der Waals surface area (Å²) in [5, 5.41) is 12.6. The Balaban J connectivity index is 2.51. The molecule has 0 aromatic heterocycles. The third-order valence-corrected chi connectivity index (χ3v) is 3.00. The number of rotatable bonds is 1. The van der Waals surface area contributed by atoms with Crippen LogP contribution < -0.4 is 5.32 Å². The molecule has 0 saturated heterocycles. The van der Waals surface area contributed by atoms with E-state index in [2.05, 4.69) is 12.2 Å². The zero-order chi connectivity index (χ0) is 11.0. The predicted octanol–water partition coefficient (Wildman–Crippen LogP) is 2.17. The Morgan fingerprint density at radius 1 is 1.53 bits per heavy atom. The Labute approximate surface area is 93.1 Å². The zero-order valence-electron chi connectivity index (χ0n) is 8.33. The summed E-state index contributed by atoms with van der Waals surface area (Å²) in [4.78, 5) is 11.0. The predicted molar refractivity (Wildman–Crippen MR) is 58.2 cm³/mol. The Morgan fingerprint density at radius 2 is 2.27 bits per heavy atom. The van der Waals surface area contributed by atoms with Gasteiger partial charge in [-0.1, -0.05) is 24.6 Å². The fraction of sp³-hybridized carbons (Fsp3) is 0.364. The van der Waals surface area contributed by atoms with Gasteiger partial charge in [0.25, 0.3) is 0 Å². The first-order chi connectivity index (χ1) is 7.09. The van der Waals surface area contributed by atoms with Crippen molar-refractivity contribution in [2.45, 2.75) is 18.9 Å². The Hall–Kier alpha value is -1.06. The molecule has 2 rings (SSSR count). The molecule has 3 nitrogen and oxygen atoms in total. The van der Waals surface area contributed by atoms with Crippen LogP contribution in [-0.2, 0) is 4.79 Å². The summed E-state index contributed by atoms with van der Waals surface area (Å²) in [7, 11) is 0. The van der Waals surface area contributed by atoms with Crippen molar-refractivity contribution in [2.75, 3.05) is 6.54 Å². The summed E-state index contributed by atoms with van der Waals surface area (Å²) in [6.07, 6.45) is 0. The van der Waals surface area contributed by atoms with Crippen molar-refractivity contribution in [3.63, 3.8) is 0 Å². The quantitative estimate of drug-likeness (QED) is 0.770. The van der Waals surface area contributed by atoms with E-state index in [0.717, 1.165) is 11.1 Å². The minimum Gasteiger partial charge on any atom is -0.480 e. The average Bonchev–Trinajstić information content (AvgIpc) is 2.17. The van der Waals surface area contributed by atoms with Crippen molar-refractivity contribution in [1.82, 2.24) is 5.32 Å². The van der Waals surface area contributed by atoms with E-state index in [1.807, 2.05) is 6.07 Å². The molecular formula is C11H12ClNO2. The third-order valence-electron chi connectivity index (χ3n) is 2.77. The van der Waals surface area contributed by atoms with Gasteiger partial charge in [-0.3, -0.25) is 4.79 Å². The molecule has 0 aliphatic carbocycles. The molecule has 2 N–H and O–H groups in total. The number of nitrogens with one attached hydrogen (secondary N) is 1. The van der Waals surface area contributed by atoms with E-state index >= 15 is 0 Å². The molecule has 0 fully saturated rings. The summed E-state index contributed by atoms with van der Waals surface area (Å²) in [6.45, 7) is 2.75. The molecule has 1 aromatic rings. The fourth-order valence-corrected chi connectivity index (χ4v) is 2.16. The number of carbonyl (C=O) groups is 1. The highest BCUT2D eigenvalue weighted by Crippen LogP contribution is 2.31. The molecule has 2 atom stereocenters. The van der Waals surface area contributed by atoms with E-state index in [0.29, 0.717) is 17.5 Å². The van der Waals surface area contributed by atoms with Gasteiger partial charge >= 0.3 is 5.97 Å². The molecule has 0 spiro atoms. The van der Waals surface area contributed by atoms with Gasteiger partial charge < -0.3 is 10.4 Å². The lowest BCUT2D eigenvalue weighted by molar-refractivity contribution is -0.139. The summed E-state index contributed by atoms with van der Waals surface area (Å²) >= 11 is 5.87. The van der Waals surface area contributed by atoms with Gasteiger partial charge in [-0.2, -0.15) is 0 Å². The highest BCUT2D eigenvalue weighted by molar-refractivity contribution is 6.30. The topological polar surface area (TPSA) is 49.3 Å². The number of hydrogen-bond acceptors (Lipinski definition) is 2. The van der Waals surface area contributed by atoms with E-state index in [1.54, 1.807) is 12.1 Å². The van der Waals surface area contributed by atoms with Crippen molar-refractivity contribution in [2.24, 2.45) is 0 Å². The second kappa shape index (κ2) is 3.83. The molecule has 0 bridgehead atoms. The number of benzene rings is 1. The molecule has 0 amide bonds. The van der Waals surface area contributed by atoms with Gasteiger partial charge in [-0.25, -0.2) is 0 Å². The van der Waals surface area contributed by atoms with Gasteiger partial charge in [0, 0.05) is 11.6 Å². The molecular weight excluding hydrogens is 214 g/mol. The number of aliphatic carboxylic acids is 1. The SMILES string of the molecule is CC1CNC(C(=O)O)c2cc(Cl)ccc21. The zero-order valence-corrected chi connectivity index (χ0v) is 9.08. The van der Waals surface area contributed by atoms with Gasteiger partial charge in [0.05, 0.1) is 0 Å². The molecule has 4 heteroatoms.